The topological polar surface area (TPSA) is 45.2 Å². The van der Waals surface area contributed by atoms with Gasteiger partial charge in [-0.15, -0.1) is 22.7 Å². The van der Waals surface area contributed by atoms with E-state index in [9.17, 15) is 4.79 Å². The Morgan fingerprint density at radius 2 is 2.29 bits per heavy atom. The molecule has 1 saturated heterocycles. The van der Waals surface area contributed by atoms with E-state index in [1.165, 1.54) is 11.3 Å². The molecule has 21 heavy (non-hydrogen) atoms. The van der Waals surface area contributed by atoms with Crippen molar-refractivity contribution in [2.24, 2.45) is 0 Å². The van der Waals surface area contributed by atoms with Crippen molar-refractivity contribution in [3.05, 3.63) is 28.1 Å². The lowest BCUT2D eigenvalue weighted by molar-refractivity contribution is 0.0607. The third-order valence-corrected chi connectivity index (χ3v) is 6.20. The highest BCUT2D eigenvalue weighted by Crippen LogP contribution is 2.32. The largest absolute Gasteiger partial charge is 0.332 e. The fourth-order valence-corrected chi connectivity index (χ4v) is 4.39. The third-order valence-electron chi connectivity index (χ3n) is 4.02. The summed E-state index contributed by atoms with van der Waals surface area (Å²) in [6.45, 7) is 7.77. The van der Waals surface area contributed by atoms with Crippen molar-refractivity contribution in [2.45, 2.75) is 32.9 Å². The normalized spacial score (nSPS) is 22.5. The van der Waals surface area contributed by atoms with Gasteiger partial charge in [0.1, 0.15) is 9.88 Å². The highest BCUT2D eigenvalue weighted by atomic mass is 32.1. The fraction of sp³-hybridized carbons (Fsp3) is 0.467. The van der Waals surface area contributed by atoms with E-state index in [0.717, 1.165) is 33.5 Å². The molecule has 0 aliphatic carbocycles. The molecule has 2 aromatic rings. The SMILES string of the molecule is Cc1nc(-c2cccs2)sc1C(=O)N1CCNC(C)C1C. The standard InChI is InChI=1S/C15H19N3OS2/c1-9-11(3)18(7-6-16-9)15(19)13-10(2)17-14(21-13)12-5-4-8-20-12/h4-5,8-9,11,16H,6-7H2,1-3H3. The predicted octanol–water partition coefficient (Wildman–Crippen LogP) is 3.00. The van der Waals surface area contributed by atoms with Gasteiger partial charge in [0.05, 0.1) is 10.6 Å². The van der Waals surface area contributed by atoms with Crippen LogP contribution in [0.3, 0.4) is 0 Å². The van der Waals surface area contributed by atoms with Gasteiger partial charge in [-0.1, -0.05) is 6.07 Å². The van der Waals surface area contributed by atoms with Gasteiger partial charge < -0.3 is 10.2 Å². The van der Waals surface area contributed by atoms with Crippen LogP contribution in [0.1, 0.15) is 29.2 Å². The summed E-state index contributed by atoms with van der Waals surface area (Å²) in [5, 5.41) is 6.39. The first kappa shape index (κ1) is 14.7. The van der Waals surface area contributed by atoms with Crippen molar-refractivity contribution in [3.8, 4) is 9.88 Å². The first-order chi connectivity index (χ1) is 10.1. The molecule has 2 atom stereocenters. The number of nitrogens with one attached hydrogen (secondary N) is 1. The molecule has 3 rings (SSSR count). The van der Waals surface area contributed by atoms with Gasteiger partial charge >= 0.3 is 0 Å². The van der Waals surface area contributed by atoms with Crippen LogP contribution in [0.15, 0.2) is 17.5 Å². The van der Waals surface area contributed by atoms with Crippen LogP contribution < -0.4 is 5.32 Å². The minimum absolute atomic E-state index is 0.119. The molecule has 6 heteroatoms. The van der Waals surface area contributed by atoms with Gasteiger partial charge in [-0.05, 0) is 32.2 Å². The molecule has 0 saturated carbocycles. The summed E-state index contributed by atoms with van der Waals surface area (Å²) in [5.74, 6) is 0.119. The number of aryl methyl sites for hydroxylation is 1. The summed E-state index contributed by atoms with van der Waals surface area (Å²) in [6.07, 6.45) is 0. The molecule has 0 radical (unpaired) electrons. The van der Waals surface area contributed by atoms with E-state index < -0.39 is 0 Å². The van der Waals surface area contributed by atoms with Crippen LogP contribution in [0.4, 0.5) is 0 Å². The lowest BCUT2D eigenvalue weighted by atomic mass is 10.1. The Morgan fingerprint density at radius 1 is 1.48 bits per heavy atom. The molecule has 0 aromatic carbocycles. The van der Waals surface area contributed by atoms with E-state index in [0.29, 0.717) is 6.04 Å². The van der Waals surface area contributed by atoms with Gasteiger partial charge in [0.25, 0.3) is 5.91 Å². The van der Waals surface area contributed by atoms with E-state index >= 15 is 0 Å². The predicted molar refractivity (Wildman–Crippen MR) is 88.1 cm³/mol. The number of thiophene rings is 1. The molecular formula is C15H19N3OS2. The van der Waals surface area contributed by atoms with Crippen LogP contribution in [0.5, 0.6) is 0 Å². The zero-order valence-corrected chi connectivity index (χ0v) is 14.1. The molecular weight excluding hydrogens is 302 g/mol. The molecule has 1 aliphatic rings. The van der Waals surface area contributed by atoms with Gasteiger partial charge in [-0.2, -0.15) is 0 Å². The zero-order valence-electron chi connectivity index (χ0n) is 12.4. The lowest BCUT2D eigenvalue weighted by Crippen LogP contribution is -2.57. The second-order valence-corrected chi connectivity index (χ2v) is 7.34. The van der Waals surface area contributed by atoms with Gasteiger partial charge in [-0.3, -0.25) is 4.79 Å². The van der Waals surface area contributed by atoms with Crippen LogP contribution in [0.2, 0.25) is 0 Å². The molecule has 3 heterocycles. The number of amides is 1. The van der Waals surface area contributed by atoms with Crippen molar-refractivity contribution in [2.75, 3.05) is 13.1 Å². The first-order valence-corrected chi connectivity index (χ1v) is 8.83. The number of carbonyl (C=O) groups excluding carboxylic acids is 1. The molecule has 1 fully saturated rings. The Hall–Kier alpha value is -1.24. The average Bonchev–Trinajstić information content (AvgIpc) is 3.10. The second kappa shape index (κ2) is 5.87. The number of thiazole rings is 1. The van der Waals surface area contributed by atoms with E-state index in [1.807, 2.05) is 29.3 Å². The maximum atomic E-state index is 12.8. The summed E-state index contributed by atoms with van der Waals surface area (Å²) >= 11 is 3.17. The van der Waals surface area contributed by atoms with Crippen LogP contribution >= 0.6 is 22.7 Å². The van der Waals surface area contributed by atoms with Crippen molar-refractivity contribution in [3.63, 3.8) is 0 Å². The summed E-state index contributed by atoms with van der Waals surface area (Å²) in [5.41, 5.74) is 0.840. The summed E-state index contributed by atoms with van der Waals surface area (Å²) in [6, 6.07) is 4.59. The maximum absolute atomic E-state index is 12.8. The monoisotopic (exact) mass is 321 g/mol. The number of aromatic nitrogens is 1. The van der Waals surface area contributed by atoms with E-state index in [4.69, 9.17) is 0 Å². The van der Waals surface area contributed by atoms with Crippen molar-refractivity contribution in [1.29, 1.82) is 0 Å². The number of hydrogen-bond acceptors (Lipinski definition) is 5. The summed E-state index contributed by atoms with van der Waals surface area (Å²) < 4.78 is 0. The van der Waals surface area contributed by atoms with Gasteiger partial charge in [0.2, 0.25) is 0 Å². The summed E-state index contributed by atoms with van der Waals surface area (Å²) in [7, 11) is 0. The molecule has 2 unspecified atom stereocenters. The minimum atomic E-state index is 0.119. The minimum Gasteiger partial charge on any atom is -0.332 e. The van der Waals surface area contributed by atoms with Crippen LogP contribution in [-0.2, 0) is 0 Å². The summed E-state index contributed by atoms with van der Waals surface area (Å²) in [4.78, 5) is 21.3. The Balaban J connectivity index is 1.88. The highest BCUT2D eigenvalue weighted by Gasteiger charge is 2.30. The fourth-order valence-electron chi connectivity index (χ4n) is 2.57. The molecule has 4 nitrogen and oxygen atoms in total. The van der Waals surface area contributed by atoms with Crippen molar-refractivity contribution in [1.82, 2.24) is 15.2 Å². The quantitative estimate of drug-likeness (QED) is 0.925. The van der Waals surface area contributed by atoms with E-state index in [-0.39, 0.29) is 11.9 Å². The Bertz CT molecular complexity index is 635. The number of carbonyl (C=O) groups is 1. The lowest BCUT2D eigenvalue weighted by Gasteiger charge is -2.38. The van der Waals surface area contributed by atoms with Crippen LogP contribution in [-0.4, -0.2) is 41.0 Å². The van der Waals surface area contributed by atoms with Crippen molar-refractivity contribution < 1.29 is 4.79 Å². The molecule has 0 bridgehead atoms. The second-order valence-electron chi connectivity index (χ2n) is 5.39. The first-order valence-electron chi connectivity index (χ1n) is 7.13. The zero-order chi connectivity index (χ0) is 15.0. The Labute approximate surface area is 132 Å². The average molecular weight is 321 g/mol. The van der Waals surface area contributed by atoms with Gasteiger partial charge in [0, 0.05) is 25.2 Å². The molecule has 0 spiro atoms. The van der Waals surface area contributed by atoms with E-state index in [2.05, 4.69) is 24.1 Å². The van der Waals surface area contributed by atoms with Crippen molar-refractivity contribution >= 4 is 28.6 Å². The van der Waals surface area contributed by atoms with E-state index in [1.54, 1.807) is 11.3 Å². The number of hydrogen-bond donors (Lipinski definition) is 1. The van der Waals surface area contributed by atoms with Crippen LogP contribution in [0, 0.1) is 6.92 Å². The van der Waals surface area contributed by atoms with Gasteiger partial charge in [-0.25, -0.2) is 4.98 Å². The molecule has 1 N–H and O–H groups in total. The van der Waals surface area contributed by atoms with Crippen LogP contribution in [0.25, 0.3) is 9.88 Å². The molecule has 112 valence electrons. The third kappa shape index (κ3) is 2.75. The number of piperazine rings is 1. The smallest absolute Gasteiger partial charge is 0.266 e. The number of rotatable bonds is 2. The molecule has 2 aromatic heterocycles. The highest BCUT2D eigenvalue weighted by molar-refractivity contribution is 7.22. The Kier molecular flexibility index (Phi) is 4.10. The molecule has 1 amide bonds. The number of nitrogens with zero attached hydrogens (tertiary/aromatic N) is 2. The van der Waals surface area contributed by atoms with Gasteiger partial charge in [0.15, 0.2) is 0 Å². The molecule has 1 aliphatic heterocycles. The Morgan fingerprint density at radius 3 is 3.00 bits per heavy atom. The maximum Gasteiger partial charge on any atom is 0.266 e.